The van der Waals surface area contributed by atoms with Crippen molar-refractivity contribution in [2.45, 2.75) is 12.5 Å². The Balaban J connectivity index is 1.65. The van der Waals surface area contributed by atoms with Gasteiger partial charge in [0.25, 0.3) is 5.91 Å². The number of ether oxygens (including phenoxy) is 1. The maximum Gasteiger partial charge on any atom is 0.264 e. The van der Waals surface area contributed by atoms with Gasteiger partial charge in [0, 0.05) is 49.7 Å². The molecular weight excluding hydrogens is 398 g/mol. The number of pyridine rings is 1. The van der Waals surface area contributed by atoms with Crippen LogP contribution >= 0.6 is 11.3 Å². The molecule has 0 aliphatic carbocycles. The number of nitrogens with zero attached hydrogens (tertiary/aromatic N) is 3. The van der Waals surface area contributed by atoms with Gasteiger partial charge in [-0.2, -0.15) is 0 Å². The molecule has 2 aromatic rings. The zero-order chi connectivity index (χ0) is 19.7. The normalized spacial score (nSPS) is 21.6. The fourth-order valence-electron chi connectivity index (χ4n) is 3.64. The van der Waals surface area contributed by atoms with Crippen molar-refractivity contribution in [3.63, 3.8) is 0 Å². The lowest BCUT2D eigenvalue weighted by Gasteiger charge is -2.28. The lowest BCUT2D eigenvalue weighted by molar-refractivity contribution is 0.0752. The van der Waals surface area contributed by atoms with Gasteiger partial charge in [-0.25, -0.2) is 8.42 Å². The minimum absolute atomic E-state index is 0.0480. The molecule has 0 unspecified atom stereocenters. The highest BCUT2D eigenvalue weighted by Crippen LogP contribution is 2.39. The third-order valence-corrected chi connectivity index (χ3v) is 8.20. The fraction of sp³-hybridized carbons (Fsp3) is 0.474. The van der Waals surface area contributed by atoms with E-state index >= 15 is 0 Å². The highest BCUT2D eigenvalue weighted by Gasteiger charge is 2.34. The van der Waals surface area contributed by atoms with E-state index in [0.29, 0.717) is 24.5 Å². The van der Waals surface area contributed by atoms with Crippen molar-refractivity contribution in [1.29, 1.82) is 0 Å². The standard InChI is InChI=1S/C19H23N3O4S2/c1-21(15-4-10-28(24,25)13-15)18(23)17-11-16(14-3-2-5-20-12-14)19(27-17)22-6-8-26-9-7-22/h2-3,5,11-12,15H,4,6-10,13H2,1H3/t15-/m0/s1. The summed E-state index contributed by atoms with van der Waals surface area (Å²) < 4.78 is 29.1. The number of hydrogen-bond donors (Lipinski definition) is 0. The van der Waals surface area contributed by atoms with E-state index in [1.54, 1.807) is 24.3 Å². The first-order chi connectivity index (χ1) is 13.4. The van der Waals surface area contributed by atoms with Crippen molar-refractivity contribution in [1.82, 2.24) is 9.88 Å². The second kappa shape index (κ2) is 7.81. The minimum atomic E-state index is -3.04. The first kappa shape index (κ1) is 19.4. The Bertz CT molecular complexity index is 953. The molecule has 4 heterocycles. The number of rotatable bonds is 4. The van der Waals surface area contributed by atoms with Crippen LogP contribution in [0.5, 0.6) is 0 Å². The number of hydrogen-bond acceptors (Lipinski definition) is 7. The van der Waals surface area contributed by atoms with Crippen LogP contribution in [0.3, 0.4) is 0 Å². The molecule has 9 heteroatoms. The number of sulfone groups is 1. The average Bonchev–Trinajstić information content (AvgIpc) is 3.32. The Morgan fingerprint density at radius 1 is 1.36 bits per heavy atom. The number of morpholine rings is 1. The molecule has 150 valence electrons. The second-order valence-electron chi connectivity index (χ2n) is 7.14. The van der Waals surface area contributed by atoms with Gasteiger partial charge in [0.15, 0.2) is 9.84 Å². The highest BCUT2D eigenvalue weighted by atomic mass is 32.2. The molecule has 0 N–H and O–H groups in total. The van der Waals surface area contributed by atoms with Gasteiger partial charge >= 0.3 is 0 Å². The van der Waals surface area contributed by atoms with Gasteiger partial charge in [-0.1, -0.05) is 6.07 Å². The summed E-state index contributed by atoms with van der Waals surface area (Å²) >= 11 is 1.46. The van der Waals surface area contributed by atoms with E-state index in [9.17, 15) is 13.2 Å². The maximum atomic E-state index is 13.1. The largest absolute Gasteiger partial charge is 0.378 e. The van der Waals surface area contributed by atoms with Crippen LogP contribution in [0.2, 0.25) is 0 Å². The molecule has 2 aliphatic rings. The van der Waals surface area contributed by atoms with Gasteiger partial charge in [-0.15, -0.1) is 11.3 Å². The fourth-order valence-corrected chi connectivity index (χ4v) is 6.63. The van der Waals surface area contributed by atoms with Gasteiger partial charge in [0.2, 0.25) is 0 Å². The quantitative estimate of drug-likeness (QED) is 0.750. The summed E-state index contributed by atoms with van der Waals surface area (Å²) in [5.74, 6) is 0.0725. The molecule has 1 amide bonds. The molecular formula is C19H23N3O4S2. The predicted molar refractivity (Wildman–Crippen MR) is 110 cm³/mol. The van der Waals surface area contributed by atoms with Gasteiger partial charge in [0.05, 0.1) is 34.6 Å². The first-order valence-corrected chi connectivity index (χ1v) is 11.9. The van der Waals surface area contributed by atoms with Crippen LogP contribution in [0.15, 0.2) is 30.6 Å². The lowest BCUT2D eigenvalue weighted by atomic mass is 10.1. The molecule has 28 heavy (non-hydrogen) atoms. The number of anilines is 1. The smallest absolute Gasteiger partial charge is 0.264 e. The van der Waals surface area contributed by atoms with Crippen molar-refractivity contribution in [3.8, 4) is 11.1 Å². The van der Waals surface area contributed by atoms with E-state index in [-0.39, 0.29) is 23.5 Å². The molecule has 2 fully saturated rings. The van der Waals surface area contributed by atoms with E-state index in [1.165, 1.54) is 11.3 Å². The van der Waals surface area contributed by atoms with E-state index < -0.39 is 9.84 Å². The number of carbonyl (C=O) groups is 1. The summed E-state index contributed by atoms with van der Waals surface area (Å²) in [5.41, 5.74) is 1.95. The topological polar surface area (TPSA) is 79.8 Å². The third kappa shape index (κ3) is 3.92. The molecule has 1 atom stereocenters. The Kier molecular flexibility index (Phi) is 5.39. The maximum absolute atomic E-state index is 13.1. The molecule has 0 radical (unpaired) electrons. The molecule has 2 aliphatic heterocycles. The molecule has 0 bridgehead atoms. The number of thiophene rings is 1. The van der Waals surface area contributed by atoms with Crippen LogP contribution in [0.25, 0.3) is 11.1 Å². The molecule has 4 rings (SSSR count). The van der Waals surface area contributed by atoms with Crippen LogP contribution in [0, 0.1) is 0 Å². The summed E-state index contributed by atoms with van der Waals surface area (Å²) in [5, 5.41) is 1.03. The summed E-state index contributed by atoms with van der Waals surface area (Å²) in [4.78, 5) is 21.8. The molecule has 2 saturated heterocycles. The number of aromatic nitrogens is 1. The second-order valence-corrected chi connectivity index (χ2v) is 10.4. The zero-order valence-electron chi connectivity index (χ0n) is 15.7. The molecule has 7 nitrogen and oxygen atoms in total. The predicted octanol–water partition coefficient (Wildman–Crippen LogP) is 1.91. The molecule has 2 aromatic heterocycles. The van der Waals surface area contributed by atoms with Crippen LogP contribution in [-0.4, -0.2) is 75.1 Å². The van der Waals surface area contributed by atoms with E-state index in [4.69, 9.17) is 4.74 Å². The number of carbonyl (C=O) groups excluding carboxylic acids is 1. The van der Waals surface area contributed by atoms with Crippen LogP contribution < -0.4 is 4.90 Å². The third-order valence-electron chi connectivity index (χ3n) is 5.27. The van der Waals surface area contributed by atoms with E-state index in [0.717, 1.165) is 29.2 Å². The van der Waals surface area contributed by atoms with Gasteiger partial charge in [0.1, 0.15) is 0 Å². The van der Waals surface area contributed by atoms with E-state index in [2.05, 4.69) is 9.88 Å². The van der Waals surface area contributed by atoms with Crippen molar-refractivity contribution >= 4 is 32.1 Å². The molecule has 0 spiro atoms. The number of amides is 1. The zero-order valence-corrected chi connectivity index (χ0v) is 17.3. The van der Waals surface area contributed by atoms with Crippen LogP contribution in [0.4, 0.5) is 5.00 Å². The Morgan fingerprint density at radius 3 is 2.79 bits per heavy atom. The summed E-state index contributed by atoms with van der Waals surface area (Å²) in [6, 6.07) is 5.52. The van der Waals surface area contributed by atoms with Gasteiger partial charge in [-0.05, 0) is 18.6 Å². The Labute approximate surface area is 168 Å². The van der Waals surface area contributed by atoms with Crippen LogP contribution in [-0.2, 0) is 14.6 Å². The van der Waals surface area contributed by atoms with Crippen molar-refractivity contribution in [2.75, 3.05) is 49.8 Å². The first-order valence-electron chi connectivity index (χ1n) is 9.29. The highest BCUT2D eigenvalue weighted by molar-refractivity contribution is 7.91. The Hall–Kier alpha value is -1.97. The van der Waals surface area contributed by atoms with E-state index in [1.807, 2.05) is 18.2 Å². The average molecular weight is 422 g/mol. The molecule has 0 aromatic carbocycles. The Morgan fingerprint density at radius 2 is 2.14 bits per heavy atom. The van der Waals surface area contributed by atoms with Gasteiger partial charge < -0.3 is 14.5 Å². The summed E-state index contributed by atoms with van der Waals surface area (Å²) in [7, 11) is -1.34. The summed E-state index contributed by atoms with van der Waals surface area (Å²) in [6.07, 6.45) is 4.03. The van der Waals surface area contributed by atoms with Crippen molar-refractivity contribution in [2.24, 2.45) is 0 Å². The lowest BCUT2D eigenvalue weighted by Crippen LogP contribution is -2.37. The molecule has 0 saturated carbocycles. The monoisotopic (exact) mass is 421 g/mol. The SMILES string of the molecule is CN(C(=O)c1cc(-c2cccnc2)c(N2CCOCC2)s1)[C@H]1CCS(=O)(=O)C1. The van der Waals surface area contributed by atoms with Gasteiger partial charge in [-0.3, -0.25) is 9.78 Å². The van der Waals surface area contributed by atoms with Crippen molar-refractivity contribution in [3.05, 3.63) is 35.5 Å². The van der Waals surface area contributed by atoms with Crippen molar-refractivity contribution < 1.29 is 17.9 Å². The minimum Gasteiger partial charge on any atom is -0.378 e. The summed E-state index contributed by atoms with van der Waals surface area (Å²) in [6.45, 7) is 2.87. The van der Waals surface area contributed by atoms with Crippen LogP contribution in [0.1, 0.15) is 16.1 Å².